The number of rotatable bonds is 0. The molecule has 4 heteroatoms. The summed E-state index contributed by atoms with van der Waals surface area (Å²) in [6, 6.07) is 0. The molecule has 0 spiro atoms. The number of nitrogens with one attached hydrogen (secondary N) is 2. The number of hydrogen-bond donors (Lipinski definition) is 2. The summed E-state index contributed by atoms with van der Waals surface area (Å²) in [7, 11) is 0. The Morgan fingerprint density at radius 3 is 1.94 bits per heavy atom. The molecule has 0 aromatic rings. The summed E-state index contributed by atoms with van der Waals surface area (Å²) in [6.45, 7) is 3.70. The molecular formula is C27H24N2O2. The quantitative estimate of drug-likeness (QED) is 0.594. The first-order chi connectivity index (χ1) is 15.0. The summed E-state index contributed by atoms with van der Waals surface area (Å²) in [5.74, 6) is 10.9. The first-order valence-corrected chi connectivity index (χ1v) is 9.75. The fraction of sp³-hybridized carbons (Fsp3) is 0.111. The molecule has 0 saturated heterocycles. The molecule has 4 nitrogen and oxygen atoms in total. The standard InChI is InChI=1S/C27H24N2O2/c1-22-9-3-4-10-23(2)12-8-19-28-27(31)17-16-24-13-5-6-14-25(21-24)18-20-29-26(30)15-7-11-22/h5-8,11-20H,21H2,1-2H3,(H,28,31)(H,29,30). The molecule has 154 valence electrons. The summed E-state index contributed by atoms with van der Waals surface area (Å²) in [4.78, 5) is 23.9. The van der Waals surface area contributed by atoms with Crippen LogP contribution in [-0.4, -0.2) is 11.8 Å². The second-order valence-corrected chi connectivity index (χ2v) is 6.65. The van der Waals surface area contributed by atoms with Gasteiger partial charge in [0.2, 0.25) is 11.8 Å². The molecule has 1 aliphatic heterocycles. The van der Waals surface area contributed by atoms with Crippen LogP contribution in [0.3, 0.4) is 0 Å². The van der Waals surface area contributed by atoms with Gasteiger partial charge in [0.05, 0.1) is 0 Å². The zero-order chi connectivity index (χ0) is 22.3. The van der Waals surface area contributed by atoms with Crippen molar-refractivity contribution < 1.29 is 9.59 Å². The molecule has 1 heterocycles. The van der Waals surface area contributed by atoms with Gasteiger partial charge in [-0.15, -0.1) is 0 Å². The van der Waals surface area contributed by atoms with E-state index in [1.54, 1.807) is 42.8 Å². The molecule has 0 atom stereocenters. The first-order valence-electron chi connectivity index (χ1n) is 9.75. The Kier molecular flexibility index (Phi) is 9.67. The van der Waals surface area contributed by atoms with Gasteiger partial charge >= 0.3 is 0 Å². The molecule has 2 amide bonds. The second kappa shape index (κ2) is 13.0. The Bertz CT molecular complexity index is 1110. The van der Waals surface area contributed by atoms with E-state index in [0.29, 0.717) is 6.42 Å². The Morgan fingerprint density at radius 2 is 1.23 bits per heavy atom. The van der Waals surface area contributed by atoms with Crippen molar-refractivity contribution in [1.82, 2.24) is 10.6 Å². The van der Waals surface area contributed by atoms with Crippen LogP contribution in [0.15, 0.2) is 108 Å². The van der Waals surface area contributed by atoms with Crippen LogP contribution in [0.25, 0.3) is 0 Å². The number of allylic oxidation sites excluding steroid dienone is 14. The van der Waals surface area contributed by atoms with Gasteiger partial charge in [0, 0.05) is 30.1 Å². The number of amides is 2. The minimum Gasteiger partial charge on any atom is -0.329 e. The van der Waals surface area contributed by atoms with Crippen LogP contribution in [0.1, 0.15) is 20.3 Å². The first kappa shape index (κ1) is 23.0. The predicted molar refractivity (Wildman–Crippen MR) is 126 cm³/mol. The minimum absolute atomic E-state index is 0.228. The van der Waals surface area contributed by atoms with E-state index in [2.05, 4.69) is 34.3 Å². The molecule has 0 saturated carbocycles. The zero-order valence-electron chi connectivity index (χ0n) is 17.6. The van der Waals surface area contributed by atoms with Gasteiger partial charge in [-0.1, -0.05) is 54.4 Å². The third-order valence-electron chi connectivity index (χ3n) is 3.96. The van der Waals surface area contributed by atoms with Crippen molar-refractivity contribution in [2.24, 2.45) is 0 Å². The highest BCUT2D eigenvalue weighted by atomic mass is 16.2. The van der Waals surface area contributed by atoms with Crippen molar-refractivity contribution in [1.29, 1.82) is 0 Å². The molecule has 0 aromatic heterocycles. The summed E-state index contributed by atoms with van der Waals surface area (Å²) in [5.41, 5.74) is 3.58. The lowest BCUT2D eigenvalue weighted by molar-refractivity contribution is -0.116. The van der Waals surface area contributed by atoms with Crippen LogP contribution in [0.4, 0.5) is 0 Å². The van der Waals surface area contributed by atoms with E-state index in [-0.39, 0.29) is 11.8 Å². The van der Waals surface area contributed by atoms with E-state index in [9.17, 15) is 9.59 Å². The molecule has 2 bridgehead atoms. The van der Waals surface area contributed by atoms with E-state index in [4.69, 9.17) is 0 Å². The largest absolute Gasteiger partial charge is 0.329 e. The van der Waals surface area contributed by atoms with E-state index >= 15 is 0 Å². The van der Waals surface area contributed by atoms with Crippen LogP contribution in [0.5, 0.6) is 0 Å². The molecule has 0 radical (unpaired) electrons. The average Bonchev–Trinajstić information content (AvgIpc) is 2.97. The monoisotopic (exact) mass is 408 g/mol. The Hall–Kier alpha value is -4.28. The zero-order valence-corrected chi connectivity index (χ0v) is 17.6. The van der Waals surface area contributed by atoms with Gasteiger partial charge in [0.1, 0.15) is 0 Å². The normalized spacial score (nSPS) is 24.8. The predicted octanol–water partition coefficient (Wildman–Crippen LogP) is 4.08. The summed E-state index contributed by atoms with van der Waals surface area (Å²) in [6.07, 6.45) is 25.0. The maximum atomic E-state index is 12.0. The van der Waals surface area contributed by atoms with Gasteiger partial charge in [-0.05, 0) is 67.1 Å². The van der Waals surface area contributed by atoms with Crippen LogP contribution >= 0.6 is 0 Å². The van der Waals surface area contributed by atoms with Gasteiger partial charge in [-0.2, -0.15) is 0 Å². The van der Waals surface area contributed by atoms with Crippen molar-refractivity contribution in [3.8, 4) is 23.7 Å². The van der Waals surface area contributed by atoms with Gasteiger partial charge in [-0.25, -0.2) is 0 Å². The third-order valence-corrected chi connectivity index (χ3v) is 3.96. The molecular weight excluding hydrogens is 384 g/mol. The van der Waals surface area contributed by atoms with Gasteiger partial charge < -0.3 is 10.6 Å². The Morgan fingerprint density at radius 1 is 0.645 bits per heavy atom. The van der Waals surface area contributed by atoms with E-state index in [1.807, 2.05) is 44.2 Å². The Balaban J connectivity index is 2.23. The number of hydrogen-bond acceptors (Lipinski definition) is 2. The lowest BCUT2D eigenvalue weighted by atomic mass is 10.1. The van der Waals surface area contributed by atoms with Gasteiger partial charge in [0.15, 0.2) is 0 Å². The van der Waals surface area contributed by atoms with Gasteiger partial charge in [0.25, 0.3) is 0 Å². The number of carbonyl (C=O) groups is 2. The fourth-order valence-electron chi connectivity index (χ4n) is 2.40. The summed E-state index contributed by atoms with van der Waals surface area (Å²) in [5, 5.41) is 5.39. The third kappa shape index (κ3) is 10.2. The van der Waals surface area contributed by atoms with Crippen LogP contribution in [-0.2, 0) is 9.59 Å². The highest BCUT2D eigenvalue weighted by Crippen LogP contribution is 2.17. The molecule has 0 fully saturated rings. The summed E-state index contributed by atoms with van der Waals surface area (Å²) < 4.78 is 0. The Labute approximate surface area is 183 Å². The van der Waals surface area contributed by atoms with Crippen molar-refractivity contribution in [2.75, 3.05) is 0 Å². The molecule has 31 heavy (non-hydrogen) atoms. The highest BCUT2D eigenvalue weighted by molar-refractivity contribution is 5.89. The van der Waals surface area contributed by atoms with Crippen LogP contribution < -0.4 is 10.6 Å². The topological polar surface area (TPSA) is 58.2 Å². The molecule has 2 rings (SSSR count). The summed E-state index contributed by atoms with van der Waals surface area (Å²) >= 11 is 0. The number of carbonyl (C=O) groups excluding carboxylic acids is 2. The van der Waals surface area contributed by atoms with Gasteiger partial charge in [-0.3, -0.25) is 9.59 Å². The van der Waals surface area contributed by atoms with Crippen molar-refractivity contribution in [3.05, 3.63) is 108 Å². The average molecular weight is 409 g/mol. The lowest BCUT2D eigenvalue weighted by Gasteiger charge is -2.02. The molecule has 1 aliphatic carbocycles. The molecule has 0 aromatic carbocycles. The SMILES string of the molecule is C/C1=C/C=C/NC(=O)/C=C/C2=CC=CC=C(/C=C/NC(=O)/C=C/C=C(/C)C#CC#C1)C2. The van der Waals surface area contributed by atoms with Crippen molar-refractivity contribution in [2.45, 2.75) is 20.3 Å². The van der Waals surface area contributed by atoms with Crippen LogP contribution in [0.2, 0.25) is 0 Å². The molecule has 2 N–H and O–H groups in total. The molecule has 2 aliphatic rings. The second-order valence-electron chi connectivity index (χ2n) is 6.65. The van der Waals surface area contributed by atoms with E-state index < -0.39 is 0 Å². The fourth-order valence-corrected chi connectivity index (χ4v) is 2.40. The smallest absolute Gasteiger partial charge is 0.247 e. The van der Waals surface area contributed by atoms with Crippen molar-refractivity contribution >= 4 is 11.8 Å². The van der Waals surface area contributed by atoms with E-state index in [0.717, 1.165) is 22.3 Å². The van der Waals surface area contributed by atoms with E-state index in [1.165, 1.54) is 12.2 Å². The maximum absolute atomic E-state index is 12.0. The minimum atomic E-state index is -0.239. The van der Waals surface area contributed by atoms with Crippen LogP contribution in [0, 0.1) is 23.7 Å². The molecule has 0 unspecified atom stereocenters. The highest BCUT2D eigenvalue weighted by Gasteiger charge is 2.00. The van der Waals surface area contributed by atoms with Crippen molar-refractivity contribution in [3.63, 3.8) is 0 Å². The number of fused-ring (bicyclic) bond motifs is 2. The maximum Gasteiger partial charge on any atom is 0.247 e. The lowest BCUT2D eigenvalue weighted by Crippen LogP contribution is -2.13.